The summed E-state index contributed by atoms with van der Waals surface area (Å²) in [6.45, 7) is 4.84. The predicted molar refractivity (Wildman–Crippen MR) is 262 cm³/mol. The summed E-state index contributed by atoms with van der Waals surface area (Å²) in [7, 11) is 0. The lowest BCUT2D eigenvalue weighted by molar-refractivity contribution is 0.353. The van der Waals surface area contributed by atoms with Gasteiger partial charge in [0.15, 0.2) is 5.82 Å². The Hall–Kier alpha value is -6.90. The molecular weight excluding hydrogens is 761 g/mol. The van der Waals surface area contributed by atoms with Crippen molar-refractivity contribution in [1.29, 1.82) is 0 Å². The maximum Gasteiger partial charge on any atom is 0.160 e. The van der Waals surface area contributed by atoms with Crippen LogP contribution in [-0.2, 0) is 10.8 Å². The predicted octanol–water partition coefficient (Wildman–Crippen LogP) is 15.9. The van der Waals surface area contributed by atoms with Gasteiger partial charge in [-0.05, 0) is 122 Å². The minimum atomic E-state index is -0.0231. The van der Waals surface area contributed by atoms with Gasteiger partial charge in [0.05, 0.1) is 11.4 Å². The standard InChI is InChI=1S/C61H50N2/c1-60(2)52-21-11-10-19-49(52)50-37-55-51(38-54(50)60)58-48(20-14-22-53(58)61(55)35-12-5-13-36-61)44-29-23-42(24-30-44)43-27-33-46(34-28-43)57-39-56(62-59(63-57)47-17-8-4-9-18-47)45-31-25-41(26-32-45)40-15-6-3-7-16-40/h3-4,6-11,14-23,25-29,31-34,37-39H,5,12-13,24,30,35-36H2,1-2H3. The highest BCUT2D eigenvalue weighted by Crippen LogP contribution is 2.61. The number of aromatic nitrogens is 2. The Morgan fingerprint density at radius 2 is 0.921 bits per heavy atom. The van der Waals surface area contributed by atoms with E-state index in [0.29, 0.717) is 0 Å². The normalized spacial score (nSPS) is 16.4. The molecule has 7 aromatic carbocycles. The van der Waals surface area contributed by atoms with Crippen molar-refractivity contribution in [2.45, 2.75) is 69.6 Å². The van der Waals surface area contributed by atoms with Crippen LogP contribution in [-0.4, -0.2) is 9.97 Å². The van der Waals surface area contributed by atoms with Crippen molar-refractivity contribution in [3.8, 4) is 67.3 Å². The highest BCUT2D eigenvalue weighted by Gasteiger charge is 2.47. The van der Waals surface area contributed by atoms with Crippen LogP contribution in [0.2, 0.25) is 0 Å². The van der Waals surface area contributed by atoms with Gasteiger partial charge in [0.1, 0.15) is 0 Å². The second-order valence-electron chi connectivity index (χ2n) is 18.7. The van der Waals surface area contributed by atoms with Crippen LogP contribution >= 0.6 is 0 Å². The molecule has 0 radical (unpaired) electrons. The Kier molecular flexibility index (Phi) is 8.94. The third-order valence-corrected chi connectivity index (χ3v) is 14.9. The van der Waals surface area contributed by atoms with Crippen LogP contribution in [0.3, 0.4) is 0 Å². The van der Waals surface area contributed by atoms with Crippen LogP contribution in [0.15, 0.2) is 182 Å². The van der Waals surface area contributed by atoms with E-state index in [1.54, 1.807) is 11.1 Å². The number of hydrogen-bond donors (Lipinski definition) is 0. The van der Waals surface area contributed by atoms with Crippen molar-refractivity contribution in [1.82, 2.24) is 9.97 Å². The molecule has 2 heteroatoms. The van der Waals surface area contributed by atoms with E-state index in [0.717, 1.165) is 46.7 Å². The summed E-state index contributed by atoms with van der Waals surface area (Å²) in [5.41, 5.74) is 25.0. The van der Waals surface area contributed by atoms with E-state index in [4.69, 9.17) is 9.97 Å². The van der Waals surface area contributed by atoms with Gasteiger partial charge in [0.25, 0.3) is 0 Å². The minimum Gasteiger partial charge on any atom is -0.228 e. The fourth-order valence-electron chi connectivity index (χ4n) is 11.6. The number of hydrogen-bond acceptors (Lipinski definition) is 2. The molecule has 0 unspecified atom stereocenters. The topological polar surface area (TPSA) is 25.8 Å². The molecule has 8 aromatic rings. The first kappa shape index (κ1) is 37.8. The lowest BCUT2D eigenvalue weighted by Crippen LogP contribution is -2.28. The molecule has 0 bridgehead atoms. The summed E-state index contributed by atoms with van der Waals surface area (Å²) >= 11 is 0. The zero-order chi connectivity index (χ0) is 42.1. The molecule has 304 valence electrons. The highest BCUT2D eigenvalue weighted by molar-refractivity contribution is 5.95. The first-order chi connectivity index (χ1) is 30.9. The van der Waals surface area contributed by atoms with E-state index < -0.39 is 0 Å². The number of allylic oxidation sites excluding steroid dienone is 4. The molecule has 1 spiro atoms. The van der Waals surface area contributed by atoms with Gasteiger partial charge < -0.3 is 0 Å². The Labute approximate surface area is 371 Å². The maximum atomic E-state index is 5.13. The van der Waals surface area contributed by atoms with E-state index >= 15 is 0 Å². The molecule has 2 nitrogen and oxygen atoms in total. The molecule has 12 rings (SSSR count). The fourth-order valence-corrected chi connectivity index (χ4v) is 11.6. The van der Waals surface area contributed by atoms with Gasteiger partial charge in [-0.25, -0.2) is 9.97 Å². The fraction of sp³-hybridized carbons (Fsp3) is 0.180. The second-order valence-corrected chi connectivity index (χ2v) is 18.7. The maximum absolute atomic E-state index is 5.13. The minimum absolute atomic E-state index is 0.0231. The molecule has 4 aliphatic rings. The Morgan fingerprint density at radius 1 is 0.381 bits per heavy atom. The summed E-state index contributed by atoms with van der Waals surface area (Å²) in [5, 5.41) is 0. The van der Waals surface area contributed by atoms with Crippen molar-refractivity contribution in [3.63, 3.8) is 0 Å². The average molecular weight is 811 g/mol. The van der Waals surface area contributed by atoms with Crippen molar-refractivity contribution >= 4 is 11.1 Å². The second kappa shape index (κ2) is 14.9. The molecule has 1 aromatic heterocycles. The van der Waals surface area contributed by atoms with Gasteiger partial charge >= 0.3 is 0 Å². The van der Waals surface area contributed by atoms with E-state index in [9.17, 15) is 0 Å². The van der Waals surface area contributed by atoms with Gasteiger partial charge in [0.2, 0.25) is 0 Å². The summed E-state index contributed by atoms with van der Waals surface area (Å²) in [6, 6.07) is 62.3. The third-order valence-electron chi connectivity index (χ3n) is 14.9. The quantitative estimate of drug-likeness (QED) is 0.167. The number of rotatable bonds is 6. The van der Waals surface area contributed by atoms with Gasteiger partial charge in [-0.15, -0.1) is 0 Å². The zero-order valence-corrected chi connectivity index (χ0v) is 36.2. The van der Waals surface area contributed by atoms with Crippen molar-refractivity contribution < 1.29 is 0 Å². The van der Waals surface area contributed by atoms with E-state index in [1.165, 1.54) is 98.9 Å². The molecule has 0 N–H and O–H groups in total. The Balaban J connectivity index is 0.879. The van der Waals surface area contributed by atoms with E-state index in [2.05, 4.69) is 190 Å². The Morgan fingerprint density at radius 3 is 1.60 bits per heavy atom. The van der Waals surface area contributed by atoms with Crippen LogP contribution in [0.25, 0.3) is 78.4 Å². The Bertz CT molecular complexity index is 3130. The lowest BCUT2D eigenvalue weighted by Gasteiger charge is -2.36. The smallest absolute Gasteiger partial charge is 0.160 e. The molecule has 1 fully saturated rings. The van der Waals surface area contributed by atoms with Crippen molar-refractivity contribution in [2.24, 2.45) is 0 Å². The number of benzene rings is 7. The highest BCUT2D eigenvalue weighted by atomic mass is 14.9. The third kappa shape index (κ3) is 6.22. The van der Waals surface area contributed by atoms with Gasteiger partial charge in [-0.2, -0.15) is 0 Å². The van der Waals surface area contributed by atoms with Crippen molar-refractivity contribution in [3.05, 3.63) is 215 Å². The SMILES string of the molecule is CC1(C)c2ccccc2-c2cc3c(cc21)-c1c(C2=CC=C(c4ccc(-c5cc(-c6ccc(-c7ccccc7)cc6)nc(-c6ccccc6)n5)cc4)CC2)cccc1C31CCCCC1. The molecule has 1 heterocycles. The zero-order valence-electron chi connectivity index (χ0n) is 36.2. The molecule has 0 amide bonds. The summed E-state index contributed by atoms with van der Waals surface area (Å²) < 4.78 is 0. The van der Waals surface area contributed by atoms with Crippen molar-refractivity contribution in [2.75, 3.05) is 0 Å². The van der Waals surface area contributed by atoms with Crippen LogP contribution in [0.4, 0.5) is 0 Å². The van der Waals surface area contributed by atoms with Gasteiger partial charge in [-0.3, -0.25) is 0 Å². The largest absolute Gasteiger partial charge is 0.228 e. The summed E-state index contributed by atoms with van der Waals surface area (Å²) in [5.74, 6) is 0.731. The first-order valence-corrected chi connectivity index (χ1v) is 23.0. The molecule has 4 aliphatic carbocycles. The summed E-state index contributed by atoms with van der Waals surface area (Å²) in [4.78, 5) is 10.2. The van der Waals surface area contributed by atoms with Crippen LogP contribution < -0.4 is 0 Å². The first-order valence-electron chi connectivity index (χ1n) is 23.0. The molecule has 0 saturated heterocycles. The number of fused-ring (bicyclic) bond motifs is 8. The molecule has 1 saturated carbocycles. The lowest BCUT2D eigenvalue weighted by atomic mass is 9.67. The molecule has 63 heavy (non-hydrogen) atoms. The average Bonchev–Trinajstić information content (AvgIpc) is 3.74. The van der Waals surface area contributed by atoms with Crippen LogP contribution in [0.1, 0.15) is 92.2 Å². The van der Waals surface area contributed by atoms with E-state index in [-0.39, 0.29) is 10.8 Å². The number of nitrogens with zero attached hydrogens (tertiary/aromatic N) is 2. The van der Waals surface area contributed by atoms with Crippen LogP contribution in [0.5, 0.6) is 0 Å². The van der Waals surface area contributed by atoms with E-state index in [1.807, 2.05) is 6.07 Å². The molecule has 0 atom stereocenters. The van der Waals surface area contributed by atoms with Gasteiger partial charge in [0, 0.05) is 27.5 Å². The molecule has 0 aliphatic heterocycles. The van der Waals surface area contributed by atoms with Gasteiger partial charge in [-0.1, -0.05) is 197 Å². The molecular formula is C61H50N2. The monoisotopic (exact) mass is 810 g/mol. The van der Waals surface area contributed by atoms with Crippen LogP contribution in [0, 0.1) is 0 Å². The summed E-state index contributed by atoms with van der Waals surface area (Å²) in [6.07, 6.45) is 13.3.